The van der Waals surface area contributed by atoms with Crippen molar-refractivity contribution < 1.29 is 9.59 Å². The average molecular weight is 649 g/mol. The van der Waals surface area contributed by atoms with Crippen molar-refractivity contribution in [3.8, 4) is 33.6 Å². The van der Waals surface area contributed by atoms with Crippen LogP contribution < -0.4 is 10.6 Å². The van der Waals surface area contributed by atoms with Crippen molar-refractivity contribution in [1.29, 1.82) is 0 Å². The van der Waals surface area contributed by atoms with Crippen LogP contribution in [0.2, 0.25) is 0 Å². The maximum Gasteiger partial charge on any atom is 0.224 e. The van der Waals surface area contributed by atoms with Crippen molar-refractivity contribution in [2.75, 3.05) is 0 Å². The lowest BCUT2D eigenvalue weighted by atomic mass is 9.86. The second-order valence-electron chi connectivity index (χ2n) is 17.6. The molecule has 0 bridgehead atoms. The van der Waals surface area contributed by atoms with Gasteiger partial charge in [0.05, 0.1) is 35.9 Å². The summed E-state index contributed by atoms with van der Waals surface area (Å²) in [5.41, 5.74) is 5.89. The largest absolute Gasteiger partial charge is 0.345 e. The molecule has 0 saturated heterocycles. The van der Waals surface area contributed by atoms with Crippen molar-refractivity contribution in [2.45, 2.75) is 94.2 Å². The van der Waals surface area contributed by atoms with Crippen LogP contribution in [0.4, 0.5) is 0 Å². The highest BCUT2D eigenvalue weighted by atomic mass is 16.2. The zero-order chi connectivity index (χ0) is 34.8. The molecular weight excluding hydrogens is 596 g/mol. The third-order valence-electron chi connectivity index (χ3n) is 10.4. The number of carbonyl (C=O) groups excluding carboxylic acids is 2. The molecular formula is C40H52N6O2. The van der Waals surface area contributed by atoms with Crippen molar-refractivity contribution >= 4 is 11.8 Å². The molecule has 6 rings (SSSR count). The third kappa shape index (κ3) is 6.99. The van der Waals surface area contributed by atoms with Gasteiger partial charge in [-0.2, -0.15) is 0 Å². The molecule has 2 heterocycles. The molecule has 2 aromatic carbocycles. The number of carbonyl (C=O) groups is 2. The van der Waals surface area contributed by atoms with E-state index in [-0.39, 0.29) is 57.4 Å². The van der Waals surface area contributed by atoms with Gasteiger partial charge in [-0.15, -0.1) is 0 Å². The van der Waals surface area contributed by atoms with Gasteiger partial charge in [-0.05, 0) is 56.8 Å². The van der Waals surface area contributed by atoms with Gasteiger partial charge >= 0.3 is 0 Å². The standard InChI is InChI=1S/C40H52N6O2/c1-37(2,3)31(45-35(47)27-19-39(27,7)8)33-41-21-29(43-33)25-15-11-23(12-16-25)24-13-17-26(18-14-24)30-22-42-34(44-30)32(38(4,5)6)46-36(48)28-20-40(28,9)10/h11-18,21-22,27-28,31-32H,19-20H2,1-10H3,(H,41,43)(H,42,44)(H,45,47)(H,46,48)/t27?,28?,31-,32-/m1/s1. The SMILES string of the molecule is CC1(C)CC1C(=O)N[C@H](c1ncc(-c2ccc(-c3ccc(-c4cnc([C@@H](NC(=O)C5CC5(C)C)C(C)(C)C)[nH]4)cc3)cc2)[nH]1)C(C)(C)C. The second kappa shape index (κ2) is 11.7. The normalized spacial score (nSPS) is 20.9. The molecule has 2 fully saturated rings. The van der Waals surface area contributed by atoms with Crippen LogP contribution in [0.25, 0.3) is 33.6 Å². The van der Waals surface area contributed by atoms with Crippen LogP contribution in [0.15, 0.2) is 60.9 Å². The predicted octanol–water partition coefficient (Wildman–Crippen LogP) is 8.63. The number of hydrogen-bond donors (Lipinski definition) is 4. The van der Waals surface area contributed by atoms with Gasteiger partial charge in [0.25, 0.3) is 0 Å². The first-order chi connectivity index (χ1) is 22.3. The lowest BCUT2D eigenvalue weighted by Gasteiger charge is -2.30. The van der Waals surface area contributed by atoms with Crippen molar-refractivity contribution in [3.63, 3.8) is 0 Å². The Morgan fingerprint density at radius 1 is 0.625 bits per heavy atom. The zero-order valence-corrected chi connectivity index (χ0v) is 30.2. The number of hydrogen-bond acceptors (Lipinski definition) is 4. The molecule has 0 radical (unpaired) electrons. The Labute approximate surface area is 285 Å². The Morgan fingerprint density at radius 2 is 0.917 bits per heavy atom. The molecule has 4 N–H and O–H groups in total. The van der Waals surface area contributed by atoms with Crippen LogP contribution in [0.5, 0.6) is 0 Å². The maximum atomic E-state index is 13.0. The highest BCUT2D eigenvalue weighted by Crippen LogP contribution is 2.53. The lowest BCUT2D eigenvalue weighted by Crippen LogP contribution is -2.38. The van der Waals surface area contributed by atoms with E-state index in [9.17, 15) is 9.59 Å². The van der Waals surface area contributed by atoms with Gasteiger partial charge in [0, 0.05) is 11.8 Å². The summed E-state index contributed by atoms with van der Waals surface area (Å²) in [6, 6.07) is 16.4. The van der Waals surface area contributed by atoms with Gasteiger partial charge < -0.3 is 20.6 Å². The number of H-pyrrole nitrogens is 2. The van der Waals surface area contributed by atoms with Crippen LogP contribution in [-0.2, 0) is 9.59 Å². The van der Waals surface area contributed by atoms with E-state index in [1.807, 2.05) is 12.4 Å². The molecule has 8 nitrogen and oxygen atoms in total. The van der Waals surface area contributed by atoms with Gasteiger partial charge in [0.15, 0.2) is 0 Å². The molecule has 4 aromatic rings. The Hall–Kier alpha value is -4.20. The number of benzene rings is 2. The molecule has 254 valence electrons. The van der Waals surface area contributed by atoms with E-state index in [2.05, 4.69) is 138 Å². The van der Waals surface area contributed by atoms with Crippen LogP contribution in [-0.4, -0.2) is 31.8 Å². The number of amides is 2. The first kappa shape index (κ1) is 33.7. The summed E-state index contributed by atoms with van der Waals surface area (Å²) in [6.07, 6.45) is 5.56. The number of rotatable bonds is 9. The summed E-state index contributed by atoms with van der Waals surface area (Å²) < 4.78 is 0. The quantitative estimate of drug-likeness (QED) is 0.145. The molecule has 2 unspecified atom stereocenters. The molecule has 2 saturated carbocycles. The van der Waals surface area contributed by atoms with E-state index in [0.717, 1.165) is 58.1 Å². The van der Waals surface area contributed by atoms with Gasteiger partial charge in [-0.1, -0.05) is 118 Å². The minimum Gasteiger partial charge on any atom is -0.345 e. The zero-order valence-electron chi connectivity index (χ0n) is 30.2. The van der Waals surface area contributed by atoms with Gasteiger partial charge in [-0.25, -0.2) is 9.97 Å². The smallest absolute Gasteiger partial charge is 0.224 e. The van der Waals surface area contributed by atoms with E-state index in [1.54, 1.807) is 0 Å². The molecule has 48 heavy (non-hydrogen) atoms. The summed E-state index contributed by atoms with van der Waals surface area (Å²) in [7, 11) is 0. The van der Waals surface area contributed by atoms with Crippen molar-refractivity contribution in [1.82, 2.24) is 30.6 Å². The number of aromatic nitrogens is 4. The van der Waals surface area contributed by atoms with Crippen LogP contribution in [0, 0.1) is 33.5 Å². The number of aromatic amines is 2. The lowest BCUT2D eigenvalue weighted by molar-refractivity contribution is -0.125. The molecule has 0 aliphatic heterocycles. The summed E-state index contributed by atoms with van der Waals surface area (Å²) in [6.45, 7) is 21.3. The van der Waals surface area contributed by atoms with Gasteiger partial charge in [0.1, 0.15) is 11.6 Å². The number of nitrogens with zero attached hydrogens (tertiary/aromatic N) is 2. The minimum absolute atomic E-state index is 0.0648. The molecule has 2 aliphatic carbocycles. The fourth-order valence-corrected chi connectivity index (χ4v) is 6.65. The van der Waals surface area contributed by atoms with Crippen LogP contribution in [0.1, 0.15) is 106 Å². The summed E-state index contributed by atoms with van der Waals surface area (Å²) >= 11 is 0. The maximum absolute atomic E-state index is 13.0. The first-order valence-corrected chi connectivity index (χ1v) is 17.3. The fraction of sp³-hybridized carbons (Fsp3) is 0.500. The van der Waals surface area contributed by atoms with E-state index in [1.165, 1.54) is 0 Å². The van der Waals surface area contributed by atoms with E-state index < -0.39 is 0 Å². The van der Waals surface area contributed by atoms with Crippen LogP contribution in [0.3, 0.4) is 0 Å². The molecule has 0 spiro atoms. The summed E-state index contributed by atoms with van der Waals surface area (Å²) in [4.78, 5) is 42.3. The Morgan fingerprint density at radius 3 is 1.19 bits per heavy atom. The molecule has 4 atom stereocenters. The monoisotopic (exact) mass is 648 g/mol. The number of nitrogens with one attached hydrogen (secondary N) is 4. The van der Waals surface area contributed by atoms with Crippen molar-refractivity contribution in [3.05, 3.63) is 72.6 Å². The Kier molecular flexibility index (Phi) is 8.24. The van der Waals surface area contributed by atoms with E-state index in [4.69, 9.17) is 9.97 Å². The minimum atomic E-state index is -0.216. The van der Waals surface area contributed by atoms with E-state index >= 15 is 0 Å². The molecule has 2 amide bonds. The van der Waals surface area contributed by atoms with Crippen molar-refractivity contribution in [2.24, 2.45) is 33.5 Å². The van der Waals surface area contributed by atoms with Gasteiger partial charge in [0.2, 0.25) is 11.8 Å². The van der Waals surface area contributed by atoms with E-state index in [0.29, 0.717) is 0 Å². The summed E-state index contributed by atoms with van der Waals surface area (Å²) in [5, 5.41) is 6.55. The predicted molar refractivity (Wildman–Crippen MR) is 191 cm³/mol. The topological polar surface area (TPSA) is 116 Å². The average Bonchev–Trinajstić information content (AvgIpc) is 3.58. The summed E-state index contributed by atoms with van der Waals surface area (Å²) in [5.74, 6) is 1.89. The van der Waals surface area contributed by atoms with Gasteiger partial charge in [-0.3, -0.25) is 9.59 Å². The Balaban J connectivity index is 1.13. The van der Waals surface area contributed by atoms with Crippen LogP contribution >= 0.6 is 0 Å². The Bertz CT molecular complexity index is 1660. The third-order valence-corrected chi connectivity index (χ3v) is 10.4. The molecule has 8 heteroatoms. The highest BCUT2D eigenvalue weighted by Gasteiger charge is 2.52. The molecule has 2 aliphatic rings. The fourth-order valence-electron chi connectivity index (χ4n) is 6.65. The second-order valence-corrected chi connectivity index (χ2v) is 17.6. The molecule has 2 aromatic heterocycles. The number of imidazole rings is 2. The highest BCUT2D eigenvalue weighted by molar-refractivity contribution is 5.83. The first-order valence-electron chi connectivity index (χ1n) is 17.3.